The maximum atomic E-state index is 5.57. The van der Waals surface area contributed by atoms with Crippen LogP contribution in [0.5, 0.6) is 0 Å². The number of anilines is 2. The van der Waals surface area contributed by atoms with Gasteiger partial charge in [-0.25, -0.2) is 0 Å². The second-order valence-electron chi connectivity index (χ2n) is 3.69. The van der Waals surface area contributed by atoms with E-state index in [1.165, 1.54) is 11.5 Å². The van der Waals surface area contributed by atoms with Gasteiger partial charge < -0.3 is 10.6 Å². The fourth-order valence-electron chi connectivity index (χ4n) is 1.09. The minimum Gasteiger partial charge on any atom is -0.383 e. The van der Waals surface area contributed by atoms with Crippen LogP contribution in [-0.2, 0) is 0 Å². The van der Waals surface area contributed by atoms with Gasteiger partial charge in [-0.2, -0.15) is 4.37 Å². The molecule has 0 spiro atoms. The first-order chi connectivity index (χ1) is 6.02. The molecule has 1 heterocycles. The van der Waals surface area contributed by atoms with Crippen molar-refractivity contribution in [2.24, 2.45) is 5.92 Å². The lowest BCUT2D eigenvalue weighted by molar-refractivity contribution is 0.507. The number of nitrogens with zero attached hydrogens (tertiary/aromatic N) is 2. The Bertz CT molecular complexity index is 270. The topological polar surface area (TPSA) is 42.1 Å². The van der Waals surface area contributed by atoms with E-state index in [1.54, 1.807) is 0 Å². The molecule has 1 atom stereocenters. The van der Waals surface area contributed by atoms with Gasteiger partial charge in [-0.3, -0.25) is 0 Å². The number of nitrogen functional groups attached to an aromatic ring is 1. The number of aromatic nitrogens is 1. The maximum absolute atomic E-state index is 5.57. The van der Waals surface area contributed by atoms with Gasteiger partial charge in [-0.05, 0) is 24.4 Å². The smallest absolute Gasteiger partial charge is 0.139 e. The van der Waals surface area contributed by atoms with Gasteiger partial charge in [-0.15, -0.1) is 0 Å². The average molecular weight is 199 g/mol. The molecule has 0 aromatic carbocycles. The van der Waals surface area contributed by atoms with Gasteiger partial charge in [0.1, 0.15) is 10.8 Å². The molecule has 1 aromatic heterocycles. The summed E-state index contributed by atoms with van der Waals surface area (Å²) in [6.07, 6.45) is 0. The van der Waals surface area contributed by atoms with E-state index in [0.717, 1.165) is 5.00 Å². The molecule has 13 heavy (non-hydrogen) atoms. The summed E-state index contributed by atoms with van der Waals surface area (Å²) in [5.41, 5.74) is 5.57. The van der Waals surface area contributed by atoms with Gasteiger partial charge in [0.25, 0.3) is 0 Å². The summed E-state index contributed by atoms with van der Waals surface area (Å²) < 4.78 is 4.06. The van der Waals surface area contributed by atoms with Crippen molar-refractivity contribution in [1.82, 2.24) is 4.37 Å². The summed E-state index contributed by atoms with van der Waals surface area (Å²) in [4.78, 5) is 2.22. The summed E-state index contributed by atoms with van der Waals surface area (Å²) in [5, 5.41) is 1.14. The summed E-state index contributed by atoms with van der Waals surface area (Å²) in [6.45, 7) is 6.64. The Kier molecular flexibility index (Phi) is 3.14. The van der Waals surface area contributed by atoms with Crippen LogP contribution in [0.15, 0.2) is 6.07 Å². The molecule has 0 aliphatic rings. The lowest BCUT2D eigenvalue weighted by Crippen LogP contribution is -2.32. The van der Waals surface area contributed by atoms with E-state index in [-0.39, 0.29) is 0 Å². The first kappa shape index (κ1) is 10.3. The molecule has 0 fully saturated rings. The van der Waals surface area contributed by atoms with Crippen molar-refractivity contribution < 1.29 is 0 Å². The molecule has 4 heteroatoms. The highest BCUT2D eigenvalue weighted by molar-refractivity contribution is 7.10. The van der Waals surface area contributed by atoms with Crippen molar-refractivity contribution in [3.8, 4) is 0 Å². The third kappa shape index (κ3) is 2.34. The molecule has 1 aromatic rings. The predicted octanol–water partition coefficient (Wildman–Crippen LogP) is 2.21. The molecule has 0 aliphatic heterocycles. The lowest BCUT2D eigenvalue weighted by atomic mass is 10.1. The summed E-state index contributed by atoms with van der Waals surface area (Å²) in [7, 11) is 2.08. The van der Waals surface area contributed by atoms with Crippen molar-refractivity contribution in [2.75, 3.05) is 17.7 Å². The number of hydrogen-bond acceptors (Lipinski definition) is 4. The molecule has 1 unspecified atom stereocenters. The second-order valence-corrected chi connectivity index (χ2v) is 4.47. The Morgan fingerprint density at radius 2 is 2.08 bits per heavy atom. The highest BCUT2D eigenvalue weighted by atomic mass is 32.1. The van der Waals surface area contributed by atoms with Crippen molar-refractivity contribution in [3.63, 3.8) is 0 Å². The third-order valence-corrected chi connectivity index (χ3v) is 3.33. The Morgan fingerprint density at radius 3 is 2.46 bits per heavy atom. The minimum absolute atomic E-state index is 0.514. The summed E-state index contributed by atoms with van der Waals surface area (Å²) in [5.74, 6) is 1.25. The molecular weight excluding hydrogens is 182 g/mol. The van der Waals surface area contributed by atoms with E-state index < -0.39 is 0 Å². The van der Waals surface area contributed by atoms with Gasteiger partial charge >= 0.3 is 0 Å². The lowest BCUT2D eigenvalue weighted by Gasteiger charge is -2.27. The molecule has 3 nitrogen and oxygen atoms in total. The molecule has 0 saturated heterocycles. The van der Waals surface area contributed by atoms with E-state index in [1.807, 2.05) is 6.07 Å². The van der Waals surface area contributed by atoms with Crippen molar-refractivity contribution in [3.05, 3.63) is 6.07 Å². The van der Waals surface area contributed by atoms with Crippen LogP contribution in [0.2, 0.25) is 0 Å². The van der Waals surface area contributed by atoms with Crippen LogP contribution in [0.25, 0.3) is 0 Å². The molecule has 74 valence electrons. The van der Waals surface area contributed by atoms with Crippen molar-refractivity contribution in [1.29, 1.82) is 0 Å². The Hall–Kier alpha value is -0.770. The number of rotatable bonds is 3. The monoisotopic (exact) mass is 199 g/mol. The van der Waals surface area contributed by atoms with E-state index in [4.69, 9.17) is 5.73 Å². The highest BCUT2D eigenvalue weighted by Crippen LogP contribution is 2.25. The predicted molar refractivity (Wildman–Crippen MR) is 59.2 cm³/mol. The van der Waals surface area contributed by atoms with Crippen LogP contribution < -0.4 is 10.6 Å². The largest absolute Gasteiger partial charge is 0.383 e. The van der Waals surface area contributed by atoms with Crippen LogP contribution in [0, 0.1) is 5.92 Å². The Morgan fingerprint density at radius 1 is 1.46 bits per heavy atom. The van der Waals surface area contributed by atoms with Gasteiger partial charge in [0, 0.05) is 19.2 Å². The van der Waals surface area contributed by atoms with Crippen LogP contribution in [0.3, 0.4) is 0 Å². The van der Waals surface area contributed by atoms with Crippen LogP contribution >= 0.6 is 11.5 Å². The Labute approximate surface area is 83.7 Å². The molecule has 0 radical (unpaired) electrons. The molecule has 0 saturated carbocycles. The van der Waals surface area contributed by atoms with Gasteiger partial charge in [0.05, 0.1) is 0 Å². The normalized spacial score (nSPS) is 13.3. The zero-order valence-corrected chi connectivity index (χ0v) is 9.43. The van der Waals surface area contributed by atoms with E-state index in [9.17, 15) is 0 Å². The van der Waals surface area contributed by atoms with Crippen molar-refractivity contribution in [2.45, 2.75) is 26.8 Å². The molecule has 0 aliphatic carbocycles. The van der Waals surface area contributed by atoms with Gasteiger partial charge in [-0.1, -0.05) is 13.8 Å². The van der Waals surface area contributed by atoms with Gasteiger partial charge in [0.2, 0.25) is 0 Å². The Balaban J connectivity index is 2.73. The highest BCUT2D eigenvalue weighted by Gasteiger charge is 2.15. The average Bonchev–Trinajstić information content (AvgIpc) is 2.49. The fraction of sp³-hybridized carbons (Fsp3) is 0.667. The van der Waals surface area contributed by atoms with E-state index in [2.05, 4.69) is 37.1 Å². The first-order valence-electron chi connectivity index (χ1n) is 4.47. The SMILES string of the molecule is CC(C)C(C)N(C)c1cc(N)ns1. The van der Waals surface area contributed by atoms with Gasteiger partial charge in [0.15, 0.2) is 0 Å². The maximum Gasteiger partial charge on any atom is 0.139 e. The minimum atomic E-state index is 0.514. The quantitative estimate of drug-likeness (QED) is 0.811. The fourth-order valence-corrected chi connectivity index (χ4v) is 1.81. The molecule has 0 bridgehead atoms. The first-order valence-corrected chi connectivity index (χ1v) is 5.24. The molecule has 2 N–H and O–H groups in total. The molecule has 1 rings (SSSR count). The van der Waals surface area contributed by atoms with Crippen LogP contribution in [-0.4, -0.2) is 17.5 Å². The number of hydrogen-bond donors (Lipinski definition) is 1. The molecule has 0 amide bonds. The van der Waals surface area contributed by atoms with E-state index in [0.29, 0.717) is 17.8 Å². The standard InChI is InChI=1S/C9H17N3S/c1-6(2)7(3)12(4)9-5-8(10)11-13-9/h5-7H,1-4H3,(H2,10,11). The number of nitrogens with two attached hydrogens (primary N) is 1. The summed E-state index contributed by atoms with van der Waals surface area (Å²) in [6, 6.07) is 2.43. The zero-order chi connectivity index (χ0) is 10.0. The summed E-state index contributed by atoms with van der Waals surface area (Å²) >= 11 is 1.45. The van der Waals surface area contributed by atoms with Crippen LogP contribution in [0.1, 0.15) is 20.8 Å². The second kappa shape index (κ2) is 3.96. The zero-order valence-electron chi connectivity index (χ0n) is 8.61. The third-order valence-electron chi connectivity index (χ3n) is 2.44. The van der Waals surface area contributed by atoms with E-state index >= 15 is 0 Å². The van der Waals surface area contributed by atoms with Crippen LogP contribution in [0.4, 0.5) is 10.8 Å². The van der Waals surface area contributed by atoms with Crippen molar-refractivity contribution >= 4 is 22.4 Å². The molecular formula is C9H17N3S.